The van der Waals surface area contributed by atoms with Crippen molar-refractivity contribution in [3.8, 4) is 17.2 Å². The van der Waals surface area contributed by atoms with Gasteiger partial charge in [-0.25, -0.2) is 0 Å². The summed E-state index contributed by atoms with van der Waals surface area (Å²) >= 11 is 0. The second-order valence-corrected chi connectivity index (χ2v) is 6.33. The van der Waals surface area contributed by atoms with Crippen molar-refractivity contribution in [1.82, 2.24) is 10.2 Å². The Bertz CT molecular complexity index is 808. The lowest BCUT2D eigenvalue weighted by atomic mass is 10.1. The van der Waals surface area contributed by atoms with Gasteiger partial charge in [-0.3, -0.25) is 9.59 Å². The van der Waals surface area contributed by atoms with Gasteiger partial charge in [0.15, 0.2) is 11.5 Å². The molecule has 0 saturated carbocycles. The third-order valence-corrected chi connectivity index (χ3v) is 4.29. The van der Waals surface area contributed by atoms with Gasteiger partial charge in [0.2, 0.25) is 11.7 Å². The summed E-state index contributed by atoms with van der Waals surface area (Å²) < 4.78 is 15.7. The fourth-order valence-electron chi connectivity index (χ4n) is 2.66. The number of nitrogens with zero attached hydrogens (tertiary/aromatic N) is 1. The van der Waals surface area contributed by atoms with Crippen LogP contribution in [0, 0.1) is 6.92 Å². The van der Waals surface area contributed by atoms with Crippen LogP contribution in [0.3, 0.4) is 0 Å². The van der Waals surface area contributed by atoms with Crippen LogP contribution in [0.5, 0.6) is 17.2 Å². The number of amides is 2. The molecule has 7 nitrogen and oxygen atoms in total. The van der Waals surface area contributed by atoms with Crippen molar-refractivity contribution in [3.05, 3.63) is 53.1 Å². The van der Waals surface area contributed by atoms with E-state index in [-0.39, 0.29) is 12.5 Å². The maximum Gasteiger partial charge on any atom is 0.251 e. The molecule has 2 amide bonds. The molecule has 2 rings (SSSR count). The predicted molar refractivity (Wildman–Crippen MR) is 106 cm³/mol. The lowest BCUT2D eigenvalue weighted by molar-refractivity contribution is -0.129. The Morgan fingerprint density at radius 3 is 2.04 bits per heavy atom. The lowest BCUT2D eigenvalue weighted by Crippen LogP contribution is -2.37. The number of rotatable bonds is 8. The Morgan fingerprint density at radius 2 is 1.54 bits per heavy atom. The highest BCUT2D eigenvalue weighted by molar-refractivity contribution is 5.97. The first-order valence-corrected chi connectivity index (χ1v) is 8.77. The molecule has 0 aromatic heterocycles. The number of carbonyl (C=O) groups is 2. The maximum atomic E-state index is 12.5. The van der Waals surface area contributed by atoms with Crippen molar-refractivity contribution in [2.45, 2.75) is 13.5 Å². The predicted octanol–water partition coefficient (Wildman–Crippen LogP) is 2.41. The van der Waals surface area contributed by atoms with E-state index in [1.807, 2.05) is 31.2 Å². The first kappa shape index (κ1) is 21.1. The number of likely N-dealkylation sites (N-methyl/N-ethyl adjacent to an activating group) is 1. The fraction of sp³-hybridized carbons (Fsp3) is 0.333. The van der Waals surface area contributed by atoms with Gasteiger partial charge >= 0.3 is 0 Å². The highest BCUT2D eigenvalue weighted by atomic mass is 16.5. The normalized spacial score (nSPS) is 10.2. The van der Waals surface area contributed by atoms with Crippen molar-refractivity contribution >= 4 is 11.8 Å². The van der Waals surface area contributed by atoms with Gasteiger partial charge in [-0.05, 0) is 24.6 Å². The fourth-order valence-corrected chi connectivity index (χ4v) is 2.66. The SMILES string of the molecule is COc1cc(C(=O)NCC(=O)N(C)Cc2ccc(C)cc2)cc(OC)c1OC. The van der Waals surface area contributed by atoms with Crippen molar-refractivity contribution in [2.75, 3.05) is 34.9 Å². The molecule has 0 bridgehead atoms. The zero-order chi connectivity index (χ0) is 20.7. The molecule has 0 radical (unpaired) electrons. The van der Waals surface area contributed by atoms with E-state index in [0.717, 1.165) is 11.1 Å². The third kappa shape index (κ3) is 5.16. The van der Waals surface area contributed by atoms with Crippen LogP contribution in [0.25, 0.3) is 0 Å². The zero-order valence-corrected chi connectivity index (χ0v) is 16.9. The Balaban J connectivity index is 2.00. The van der Waals surface area contributed by atoms with Gasteiger partial charge in [0.1, 0.15) is 0 Å². The van der Waals surface area contributed by atoms with Crippen LogP contribution in [0.2, 0.25) is 0 Å². The van der Waals surface area contributed by atoms with E-state index in [2.05, 4.69) is 5.32 Å². The van der Waals surface area contributed by atoms with Gasteiger partial charge in [-0.2, -0.15) is 0 Å². The summed E-state index contributed by atoms with van der Waals surface area (Å²) in [5.41, 5.74) is 2.50. The highest BCUT2D eigenvalue weighted by Gasteiger charge is 2.18. The summed E-state index contributed by atoms with van der Waals surface area (Å²) in [5.74, 6) is 0.540. The molecule has 0 heterocycles. The molecule has 2 aromatic carbocycles. The molecule has 0 atom stereocenters. The zero-order valence-electron chi connectivity index (χ0n) is 16.9. The van der Waals surface area contributed by atoms with Crippen molar-refractivity contribution < 1.29 is 23.8 Å². The molecule has 0 aliphatic heterocycles. The number of carbonyl (C=O) groups excluding carboxylic acids is 2. The minimum atomic E-state index is -0.406. The van der Waals surface area contributed by atoms with Crippen molar-refractivity contribution in [2.24, 2.45) is 0 Å². The first-order valence-electron chi connectivity index (χ1n) is 8.77. The molecular weight excluding hydrogens is 360 g/mol. The lowest BCUT2D eigenvalue weighted by Gasteiger charge is -2.18. The molecule has 0 fully saturated rings. The Morgan fingerprint density at radius 1 is 0.964 bits per heavy atom. The second-order valence-electron chi connectivity index (χ2n) is 6.33. The van der Waals surface area contributed by atoms with Crippen LogP contribution in [-0.4, -0.2) is 51.6 Å². The van der Waals surface area contributed by atoms with Crippen LogP contribution in [-0.2, 0) is 11.3 Å². The molecule has 7 heteroatoms. The van der Waals surface area contributed by atoms with Gasteiger partial charge in [-0.15, -0.1) is 0 Å². The van der Waals surface area contributed by atoms with Crippen LogP contribution in [0.15, 0.2) is 36.4 Å². The van der Waals surface area contributed by atoms with E-state index < -0.39 is 5.91 Å². The standard InChI is InChI=1S/C21H26N2O5/c1-14-6-8-15(9-7-14)13-23(2)19(24)12-22-21(25)16-10-17(26-3)20(28-5)18(11-16)27-4/h6-11H,12-13H2,1-5H3,(H,22,25). The quantitative estimate of drug-likeness (QED) is 0.754. The van der Waals surface area contributed by atoms with Gasteiger partial charge in [0.05, 0.1) is 27.9 Å². The topological polar surface area (TPSA) is 77.1 Å². The Hall–Kier alpha value is -3.22. The van der Waals surface area contributed by atoms with E-state index >= 15 is 0 Å². The average molecular weight is 386 g/mol. The first-order chi connectivity index (χ1) is 13.4. The van der Waals surface area contributed by atoms with Crippen molar-refractivity contribution in [3.63, 3.8) is 0 Å². The number of ether oxygens (including phenoxy) is 3. The average Bonchev–Trinajstić information content (AvgIpc) is 2.71. The van der Waals surface area contributed by atoms with Gasteiger partial charge in [0.25, 0.3) is 5.91 Å². The van der Waals surface area contributed by atoms with E-state index in [1.165, 1.54) is 33.5 Å². The number of hydrogen-bond donors (Lipinski definition) is 1. The summed E-state index contributed by atoms with van der Waals surface area (Å²) in [6.07, 6.45) is 0. The minimum Gasteiger partial charge on any atom is -0.493 e. The summed E-state index contributed by atoms with van der Waals surface area (Å²) in [7, 11) is 6.14. The molecule has 150 valence electrons. The van der Waals surface area contributed by atoms with Crippen LogP contribution in [0.1, 0.15) is 21.5 Å². The smallest absolute Gasteiger partial charge is 0.251 e. The van der Waals surface area contributed by atoms with E-state index in [1.54, 1.807) is 11.9 Å². The van der Waals surface area contributed by atoms with E-state index in [0.29, 0.717) is 29.4 Å². The summed E-state index contributed by atoms with van der Waals surface area (Å²) in [5, 5.41) is 2.63. The van der Waals surface area contributed by atoms with Gasteiger partial charge in [0, 0.05) is 19.2 Å². The van der Waals surface area contributed by atoms with Crippen LogP contribution < -0.4 is 19.5 Å². The maximum absolute atomic E-state index is 12.5. The molecular formula is C21H26N2O5. The molecule has 0 spiro atoms. The number of methoxy groups -OCH3 is 3. The number of aryl methyl sites for hydroxylation is 1. The van der Waals surface area contributed by atoms with E-state index in [4.69, 9.17) is 14.2 Å². The number of hydrogen-bond acceptors (Lipinski definition) is 5. The van der Waals surface area contributed by atoms with Gasteiger partial charge < -0.3 is 24.4 Å². The summed E-state index contributed by atoms with van der Waals surface area (Å²) in [4.78, 5) is 26.4. The monoisotopic (exact) mass is 386 g/mol. The highest BCUT2D eigenvalue weighted by Crippen LogP contribution is 2.38. The third-order valence-electron chi connectivity index (χ3n) is 4.29. The van der Waals surface area contributed by atoms with Gasteiger partial charge in [-0.1, -0.05) is 29.8 Å². The Labute approximate surface area is 165 Å². The number of benzene rings is 2. The summed E-state index contributed by atoms with van der Waals surface area (Å²) in [6, 6.07) is 11.0. The van der Waals surface area contributed by atoms with Crippen molar-refractivity contribution in [1.29, 1.82) is 0 Å². The van der Waals surface area contributed by atoms with Crippen LogP contribution >= 0.6 is 0 Å². The van der Waals surface area contributed by atoms with Crippen LogP contribution in [0.4, 0.5) is 0 Å². The Kier molecular flexibility index (Phi) is 7.26. The molecule has 0 unspecified atom stereocenters. The molecule has 2 aromatic rings. The molecule has 28 heavy (non-hydrogen) atoms. The molecule has 0 saturated heterocycles. The number of nitrogens with one attached hydrogen (secondary N) is 1. The second kappa shape index (κ2) is 9.64. The molecule has 0 aliphatic rings. The molecule has 0 aliphatic carbocycles. The summed E-state index contributed by atoms with van der Waals surface area (Å²) in [6.45, 7) is 2.37. The largest absolute Gasteiger partial charge is 0.493 e. The van der Waals surface area contributed by atoms with E-state index in [9.17, 15) is 9.59 Å². The molecule has 1 N–H and O–H groups in total. The minimum absolute atomic E-state index is 0.113.